The summed E-state index contributed by atoms with van der Waals surface area (Å²) in [7, 11) is 0. The second-order valence-electron chi connectivity index (χ2n) is 9.80. The molecule has 1 spiro atoms. The fourth-order valence-electron chi connectivity index (χ4n) is 6.58. The van der Waals surface area contributed by atoms with E-state index in [0.717, 1.165) is 5.02 Å². The van der Waals surface area contributed by atoms with Gasteiger partial charge in [-0.25, -0.2) is 0 Å². The van der Waals surface area contributed by atoms with Crippen molar-refractivity contribution in [3.8, 4) is 22.3 Å². The maximum absolute atomic E-state index is 7.02. The molecule has 0 radical (unpaired) electrons. The average molecular weight is 509 g/mol. The Labute approximate surface area is 225 Å². The van der Waals surface area contributed by atoms with Crippen molar-refractivity contribution in [2.45, 2.75) is 15.2 Å². The Balaban J connectivity index is 1.55. The number of fused-ring (bicyclic) bond motifs is 10. The molecule has 0 nitrogen and oxygen atoms in total. The van der Waals surface area contributed by atoms with E-state index in [1.165, 1.54) is 65.1 Å². The fraction of sp³-hybridized carbons (Fsp3) is 0.0286. The van der Waals surface area contributed by atoms with Crippen LogP contribution >= 0.6 is 23.4 Å². The predicted molar refractivity (Wildman–Crippen MR) is 156 cm³/mol. The lowest BCUT2D eigenvalue weighted by molar-refractivity contribution is 0.723. The van der Waals surface area contributed by atoms with Crippen LogP contribution < -0.4 is 0 Å². The van der Waals surface area contributed by atoms with Crippen LogP contribution in [0.25, 0.3) is 33.0 Å². The average Bonchev–Trinajstić information content (AvgIpc) is 3.24. The van der Waals surface area contributed by atoms with Gasteiger partial charge >= 0.3 is 0 Å². The quantitative estimate of drug-likeness (QED) is 0.212. The molecule has 0 bridgehead atoms. The third-order valence-electron chi connectivity index (χ3n) is 7.99. The summed E-state index contributed by atoms with van der Waals surface area (Å²) >= 11 is 8.89. The van der Waals surface area contributed by atoms with Crippen molar-refractivity contribution in [2.75, 3.05) is 0 Å². The summed E-state index contributed by atoms with van der Waals surface area (Å²) in [6.45, 7) is 0. The predicted octanol–water partition coefficient (Wildman–Crippen LogP) is 9.99. The van der Waals surface area contributed by atoms with Crippen LogP contribution in [0.2, 0.25) is 5.02 Å². The summed E-state index contributed by atoms with van der Waals surface area (Å²) in [5, 5.41) is 3.25. The van der Waals surface area contributed by atoms with E-state index in [-0.39, 0.29) is 0 Å². The molecule has 0 unspecified atom stereocenters. The zero-order valence-electron chi connectivity index (χ0n) is 19.9. The molecule has 0 fully saturated rings. The van der Waals surface area contributed by atoms with E-state index >= 15 is 0 Å². The third kappa shape index (κ3) is 2.82. The maximum Gasteiger partial charge on any atom is 0.0736 e. The van der Waals surface area contributed by atoms with Crippen molar-refractivity contribution >= 4 is 34.1 Å². The molecule has 6 aromatic rings. The first kappa shape index (κ1) is 21.3. The minimum atomic E-state index is -0.422. The lowest BCUT2D eigenvalue weighted by Gasteiger charge is -2.40. The van der Waals surface area contributed by atoms with Gasteiger partial charge in [0.05, 0.1) is 5.41 Å². The van der Waals surface area contributed by atoms with E-state index in [1.54, 1.807) is 0 Å². The standard InChI is InChI=1S/C35H21ClS/c36-23-20-28(25-15-9-11-22-10-1-2-12-24(22)25)34-32(21-23)35(31-18-7-8-19-33(31)37-34)29-16-5-3-13-26(29)27-14-4-6-17-30(27)35/h1-21H. The molecule has 1 aliphatic carbocycles. The summed E-state index contributed by atoms with van der Waals surface area (Å²) in [4.78, 5) is 2.58. The molecule has 1 aliphatic heterocycles. The van der Waals surface area contributed by atoms with Crippen LogP contribution in [-0.4, -0.2) is 0 Å². The van der Waals surface area contributed by atoms with Crippen molar-refractivity contribution in [3.05, 3.63) is 155 Å². The van der Waals surface area contributed by atoms with E-state index in [2.05, 4.69) is 127 Å². The van der Waals surface area contributed by atoms with E-state index in [4.69, 9.17) is 11.6 Å². The highest BCUT2D eigenvalue weighted by Crippen LogP contribution is 2.63. The monoisotopic (exact) mass is 508 g/mol. The van der Waals surface area contributed by atoms with Gasteiger partial charge in [-0.05, 0) is 73.5 Å². The molecule has 6 aromatic carbocycles. The minimum Gasteiger partial charge on any atom is -0.0887 e. The van der Waals surface area contributed by atoms with E-state index in [0.29, 0.717) is 0 Å². The zero-order valence-corrected chi connectivity index (χ0v) is 21.5. The Morgan fingerprint density at radius 2 is 1.08 bits per heavy atom. The van der Waals surface area contributed by atoms with E-state index in [1.807, 2.05) is 11.8 Å². The van der Waals surface area contributed by atoms with Crippen molar-refractivity contribution in [1.82, 2.24) is 0 Å². The van der Waals surface area contributed by atoms with Crippen LogP contribution in [0, 0.1) is 0 Å². The van der Waals surface area contributed by atoms with Gasteiger partial charge in [0.2, 0.25) is 0 Å². The van der Waals surface area contributed by atoms with Gasteiger partial charge in [0.1, 0.15) is 0 Å². The maximum atomic E-state index is 7.02. The number of hydrogen-bond donors (Lipinski definition) is 0. The van der Waals surface area contributed by atoms with Crippen molar-refractivity contribution in [2.24, 2.45) is 0 Å². The molecule has 0 aromatic heterocycles. The summed E-state index contributed by atoms with van der Waals surface area (Å²) < 4.78 is 0. The number of hydrogen-bond acceptors (Lipinski definition) is 1. The minimum absolute atomic E-state index is 0.422. The number of benzene rings is 6. The van der Waals surface area contributed by atoms with Crippen LogP contribution in [0.4, 0.5) is 0 Å². The molecule has 8 rings (SSSR count). The topological polar surface area (TPSA) is 0 Å². The van der Waals surface area contributed by atoms with Gasteiger partial charge in [-0.2, -0.15) is 0 Å². The second-order valence-corrected chi connectivity index (χ2v) is 11.3. The SMILES string of the molecule is Clc1cc(-c2cccc3ccccc23)c2c(c1)C1(c3ccccc3S2)c2ccccc2-c2ccccc21. The van der Waals surface area contributed by atoms with Gasteiger partial charge in [-0.1, -0.05) is 133 Å². The molecule has 0 N–H and O–H groups in total. The largest absolute Gasteiger partial charge is 0.0887 e. The smallest absolute Gasteiger partial charge is 0.0736 e. The van der Waals surface area contributed by atoms with Crippen molar-refractivity contribution < 1.29 is 0 Å². The molecule has 0 saturated heterocycles. The molecule has 0 atom stereocenters. The highest BCUT2D eigenvalue weighted by atomic mass is 35.5. The van der Waals surface area contributed by atoms with Crippen molar-refractivity contribution in [1.29, 1.82) is 0 Å². The fourth-order valence-corrected chi connectivity index (χ4v) is 8.09. The van der Waals surface area contributed by atoms with Gasteiger partial charge in [-0.3, -0.25) is 0 Å². The molecule has 1 heterocycles. The molecule has 0 amide bonds. The van der Waals surface area contributed by atoms with Gasteiger partial charge < -0.3 is 0 Å². The third-order valence-corrected chi connectivity index (χ3v) is 9.43. The molecule has 37 heavy (non-hydrogen) atoms. The van der Waals surface area contributed by atoms with Crippen LogP contribution in [0.15, 0.2) is 137 Å². The highest BCUT2D eigenvalue weighted by molar-refractivity contribution is 7.99. The van der Waals surface area contributed by atoms with Gasteiger partial charge in [0.15, 0.2) is 0 Å². The summed E-state index contributed by atoms with van der Waals surface area (Å²) in [5.74, 6) is 0. The number of halogens is 1. The van der Waals surface area contributed by atoms with Crippen LogP contribution in [-0.2, 0) is 5.41 Å². The Bertz CT molecular complexity index is 1830. The molecule has 0 saturated carbocycles. The normalized spacial score (nSPS) is 14.2. The van der Waals surface area contributed by atoms with E-state index in [9.17, 15) is 0 Å². The summed E-state index contributed by atoms with van der Waals surface area (Å²) in [6, 6.07) is 46.3. The van der Waals surface area contributed by atoms with Gasteiger partial charge in [0.25, 0.3) is 0 Å². The number of rotatable bonds is 1. The first-order chi connectivity index (χ1) is 18.3. The molecule has 2 heteroatoms. The Morgan fingerprint density at radius 3 is 1.86 bits per heavy atom. The Hall–Kier alpha value is -3.78. The summed E-state index contributed by atoms with van der Waals surface area (Å²) in [5.41, 5.74) is 9.86. The van der Waals surface area contributed by atoms with Crippen LogP contribution in [0.1, 0.15) is 22.3 Å². The lowest BCUT2D eigenvalue weighted by Crippen LogP contribution is -2.32. The summed E-state index contributed by atoms with van der Waals surface area (Å²) in [6.07, 6.45) is 0. The second kappa shape index (κ2) is 7.86. The highest BCUT2D eigenvalue weighted by Gasteiger charge is 2.50. The Morgan fingerprint density at radius 1 is 0.486 bits per heavy atom. The first-order valence-electron chi connectivity index (χ1n) is 12.6. The molecular weight excluding hydrogens is 488 g/mol. The van der Waals surface area contributed by atoms with Crippen LogP contribution in [0.5, 0.6) is 0 Å². The Kier molecular flexibility index (Phi) is 4.53. The lowest BCUT2D eigenvalue weighted by atomic mass is 9.67. The van der Waals surface area contributed by atoms with Crippen molar-refractivity contribution in [3.63, 3.8) is 0 Å². The van der Waals surface area contributed by atoms with E-state index < -0.39 is 5.41 Å². The molecule has 174 valence electrons. The molecule has 2 aliphatic rings. The van der Waals surface area contributed by atoms with Gasteiger partial charge in [-0.15, -0.1) is 0 Å². The zero-order chi connectivity index (χ0) is 24.6. The first-order valence-corrected chi connectivity index (χ1v) is 13.7. The molecular formula is C35H21ClS. The van der Waals surface area contributed by atoms with Gasteiger partial charge in [0, 0.05) is 14.8 Å². The van der Waals surface area contributed by atoms with Crippen LogP contribution in [0.3, 0.4) is 0 Å².